The number of amides is 1. The Labute approximate surface area is 156 Å². The summed E-state index contributed by atoms with van der Waals surface area (Å²) in [4.78, 5) is 26.9. The molecule has 0 bridgehead atoms. The van der Waals surface area contributed by atoms with Crippen molar-refractivity contribution < 1.29 is 18.8 Å². The fourth-order valence-corrected chi connectivity index (χ4v) is 3.40. The Bertz CT molecular complexity index is 1130. The van der Waals surface area contributed by atoms with Crippen LogP contribution in [0.15, 0.2) is 47.5 Å². The molecule has 0 radical (unpaired) electrons. The van der Waals surface area contributed by atoms with E-state index < -0.39 is 16.6 Å². The van der Waals surface area contributed by atoms with Gasteiger partial charge < -0.3 is 9.30 Å². The highest BCUT2D eigenvalue weighted by Crippen LogP contribution is 2.23. The summed E-state index contributed by atoms with van der Waals surface area (Å²) < 4.78 is 20.4. The Kier molecular flexibility index (Phi) is 5.28. The maximum absolute atomic E-state index is 12.9. The highest BCUT2D eigenvalue weighted by atomic mass is 32.1. The molecule has 0 aliphatic rings. The Hall–Kier alpha value is -3.51. The summed E-state index contributed by atoms with van der Waals surface area (Å²) in [5.74, 6) is 1.84. The van der Waals surface area contributed by atoms with Crippen molar-refractivity contribution in [1.82, 2.24) is 4.57 Å². The monoisotopic (exact) mass is 385 g/mol. The number of halogens is 1. The molecule has 0 saturated heterocycles. The Morgan fingerprint density at radius 2 is 2.07 bits per heavy atom. The standard InChI is InChI=1S/C18H12FN3O4S/c1-2-9-21-15-8-5-13(22(24)25)10-16(15)27-18(21)20-17(23)11-26-14-6-3-12(19)4-7-14/h1,3-8,10H,9,11H2. The third-order valence-electron chi connectivity index (χ3n) is 3.52. The highest BCUT2D eigenvalue weighted by molar-refractivity contribution is 7.16. The maximum Gasteiger partial charge on any atom is 0.286 e. The van der Waals surface area contributed by atoms with Crippen molar-refractivity contribution in [3.63, 3.8) is 0 Å². The van der Waals surface area contributed by atoms with E-state index in [1.165, 1.54) is 36.4 Å². The van der Waals surface area contributed by atoms with Crippen LogP contribution in [-0.2, 0) is 11.3 Å². The molecule has 0 aliphatic carbocycles. The highest BCUT2D eigenvalue weighted by Gasteiger charge is 2.12. The molecule has 7 nitrogen and oxygen atoms in total. The minimum Gasteiger partial charge on any atom is -0.484 e. The number of non-ortho nitro benzene ring substituents is 1. The zero-order valence-corrected chi connectivity index (χ0v) is 14.6. The number of terminal acetylenes is 1. The van der Waals surface area contributed by atoms with E-state index in [2.05, 4.69) is 10.9 Å². The molecule has 0 saturated carbocycles. The van der Waals surface area contributed by atoms with Crippen LogP contribution in [0.5, 0.6) is 5.75 Å². The largest absolute Gasteiger partial charge is 0.484 e. The maximum atomic E-state index is 12.9. The molecule has 2 aromatic carbocycles. The van der Waals surface area contributed by atoms with Crippen LogP contribution in [0.3, 0.4) is 0 Å². The first-order chi connectivity index (χ1) is 13.0. The summed E-state index contributed by atoms with van der Waals surface area (Å²) >= 11 is 1.12. The smallest absolute Gasteiger partial charge is 0.286 e. The Balaban J connectivity index is 1.90. The molecule has 27 heavy (non-hydrogen) atoms. The van der Waals surface area contributed by atoms with Crippen molar-refractivity contribution in [2.75, 3.05) is 6.61 Å². The van der Waals surface area contributed by atoms with Crippen LogP contribution in [0.4, 0.5) is 10.1 Å². The molecule has 0 N–H and O–H groups in total. The van der Waals surface area contributed by atoms with Gasteiger partial charge in [0.2, 0.25) is 0 Å². The van der Waals surface area contributed by atoms with Gasteiger partial charge in [0.15, 0.2) is 11.4 Å². The molecular formula is C18H12FN3O4S. The Morgan fingerprint density at radius 1 is 1.33 bits per heavy atom. The second-order valence-electron chi connectivity index (χ2n) is 5.33. The van der Waals surface area contributed by atoms with Crippen molar-refractivity contribution in [2.45, 2.75) is 6.54 Å². The minimum atomic E-state index is -0.564. The molecule has 0 fully saturated rings. The van der Waals surface area contributed by atoms with Gasteiger partial charge in [0.05, 0.1) is 21.7 Å². The predicted molar refractivity (Wildman–Crippen MR) is 97.8 cm³/mol. The fraction of sp³-hybridized carbons (Fsp3) is 0.111. The van der Waals surface area contributed by atoms with E-state index in [1.807, 2.05) is 0 Å². The Morgan fingerprint density at radius 3 is 2.74 bits per heavy atom. The van der Waals surface area contributed by atoms with Crippen LogP contribution in [0.2, 0.25) is 0 Å². The van der Waals surface area contributed by atoms with Gasteiger partial charge in [-0.05, 0) is 30.3 Å². The second kappa shape index (κ2) is 7.80. The lowest BCUT2D eigenvalue weighted by Gasteiger charge is -2.03. The summed E-state index contributed by atoms with van der Waals surface area (Å²) in [5, 5.41) is 10.9. The topological polar surface area (TPSA) is 86.7 Å². The zero-order chi connectivity index (χ0) is 19.4. The van der Waals surface area contributed by atoms with Gasteiger partial charge in [-0.3, -0.25) is 14.9 Å². The molecule has 136 valence electrons. The number of rotatable bonds is 5. The minimum absolute atomic E-state index is 0.0610. The molecule has 9 heteroatoms. The third kappa shape index (κ3) is 4.19. The number of hydrogen-bond acceptors (Lipinski definition) is 5. The quantitative estimate of drug-likeness (QED) is 0.384. The lowest BCUT2D eigenvalue weighted by Crippen LogP contribution is -2.19. The van der Waals surface area contributed by atoms with Crippen LogP contribution in [0.25, 0.3) is 10.2 Å². The van der Waals surface area contributed by atoms with Crippen molar-refractivity contribution >= 4 is 33.1 Å². The van der Waals surface area contributed by atoms with Crippen molar-refractivity contribution in [2.24, 2.45) is 4.99 Å². The van der Waals surface area contributed by atoms with E-state index in [0.717, 1.165) is 11.3 Å². The van der Waals surface area contributed by atoms with Crippen LogP contribution >= 0.6 is 11.3 Å². The van der Waals surface area contributed by atoms with Crippen LogP contribution in [0.1, 0.15) is 0 Å². The summed E-state index contributed by atoms with van der Waals surface area (Å²) in [6.07, 6.45) is 5.38. The summed E-state index contributed by atoms with van der Waals surface area (Å²) in [6, 6.07) is 9.59. The first-order valence-electron chi connectivity index (χ1n) is 7.65. The molecule has 1 amide bonds. The van der Waals surface area contributed by atoms with E-state index in [9.17, 15) is 19.3 Å². The van der Waals surface area contributed by atoms with Gasteiger partial charge in [-0.2, -0.15) is 4.99 Å². The van der Waals surface area contributed by atoms with Gasteiger partial charge in [-0.1, -0.05) is 17.3 Å². The first kappa shape index (κ1) is 18.3. The van der Waals surface area contributed by atoms with E-state index >= 15 is 0 Å². The number of carbonyl (C=O) groups excluding carboxylic acids is 1. The number of benzene rings is 2. The number of ether oxygens (including phenoxy) is 1. The SMILES string of the molecule is C#CCn1c(=NC(=O)COc2ccc(F)cc2)sc2cc([N+](=O)[O-])ccc21. The molecule has 3 aromatic rings. The summed E-state index contributed by atoms with van der Waals surface area (Å²) in [7, 11) is 0. The van der Waals surface area contributed by atoms with Gasteiger partial charge in [-0.25, -0.2) is 4.39 Å². The van der Waals surface area contributed by atoms with Crippen LogP contribution in [-0.4, -0.2) is 22.0 Å². The van der Waals surface area contributed by atoms with Crippen LogP contribution in [0, 0.1) is 28.3 Å². The van der Waals surface area contributed by atoms with E-state index in [-0.39, 0.29) is 18.8 Å². The number of thiazole rings is 1. The first-order valence-corrected chi connectivity index (χ1v) is 8.47. The summed E-state index contributed by atoms with van der Waals surface area (Å²) in [5.41, 5.74) is 0.587. The predicted octanol–water partition coefficient (Wildman–Crippen LogP) is 2.89. The molecule has 1 heterocycles. The van der Waals surface area contributed by atoms with Gasteiger partial charge in [0, 0.05) is 12.1 Å². The van der Waals surface area contributed by atoms with Gasteiger partial charge >= 0.3 is 0 Å². The fourth-order valence-electron chi connectivity index (χ4n) is 2.32. The molecule has 3 rings (SSSR count). The van der Waals surface area contributed by atoms with Gasteiger partial charge in [-0.15, -0.1) is 6.42 Å². The third-order valence-corrected chi connectivity index (χ3v) is 4.56. The van der Waals surface area contributed by atoms with E-state index in [0.29, 0.717) is 20.8 Å². The number of aromatic nitrogens is 1. The van der Waals surface area contributed by atoms with Crippen molar-refractivity contribution in [1.29, 1.82) is 0 Å². The average molecular weight is 385 g/mol. The van der Waals surface area contributed by atoms with Gasteiger partial charge in [0.25, 0.3) is 11.6 Å². The number of nitro benzene ring substituents is 1. The number of nitrogens with zero attached hydrogens (tertiary/aromatic N) is 3. The lowest BCUT2D eigenvalue weighted by molar-refractivity contribution is -0.384. The average Bonchev–Trinajstić information content (AvgIpc) is 2.98. The molecule has 0 atom stereocenters. The number of carbonyl (C=O) groups is 1. The van der Waals surface area contributed by atoms with E-state index in [4.69, 9.17) is 11.2 Å². The number of nitro groups is 1. The number of hydrogen-bond donors (Lipinski definition) is 0. The van der Waals surface area contributed by atoms with Crippen molar-refractivity contribution in [3.8, 4) is 18.1 Å². The molecule has 1 aromatic heterocycles. The lowest BCUT2D eigenvalue weighted by atomic mass is 10.3. The molecule has 0 spiro atoms. The second-order valence-corrected chi connectivity index (χ2v) is 6.34. The zero-order valence-electron chi connectivity index (χ0n) is 13.8. The molecule has 0 aliphatic heterocycles. The van der Waals surface area contributed by atoms with Crippen molar-refractivity contribution in [3.05, 3.63) is 63.2 Å². The molecular weight excluding hydrogens is 373 g/mol. The normalized spacial score (nSPS) is 11.3. The van der Waals surface area contributed by atoms with Gasteiger partial charge in [0.1, 0.15) is 11.6 Å². The number of fused-ring (bicyclic) bond motifs is 1. The molecule has 0 unspecified atom stereocenters. The van der Waals surface area contributed by atoms with Crippen LogP contribution < -0.4 is 9.54 Å². The summed E-state index contributed by atoms with van der Waals surface area (Å²) in [6.45, 7) is -0.182. The van der Waals surface area contributed by atoms with E-state index in [1.54, 1.807) is 10.6 Å².